The minimum absolute atomic E-state index is 0.0864. The van der Waals surface area contributed by atoms with E-state index in [1.54, 1.807) is 6.08 Å². The molecule has 0 aromatic carbocycles. The summed E-state index contributed by atoms with van der Waals surface area (Å²) in [5.41, 5.74) is 0.841. The van der Waals surface area contributed by atoms with Crippen molar-refractivity contribution in [1.29, 1.82) is 0 Å². The van der Waals surface area contributed by atoms with Crippen LogP contribution in [0.2, 0.25) is 0 Å². The second-order valence-corrected chi connectivity index (χ2v) is 5.62. The molecule has 7 nitrogen and oxygen atoms in total. The summed E-state index contributed by atoms with van der Waals surface area (Å²) in [7, 11) is 0. The molecular formula is C15H17N3O4S. The van der Waals surface area contributed by atoms with Crippen LogP contribution in [0, 0.1) is 0 Å². The number of amides is 1. The molecule has 0 fully saturated rings. The summed E-state index contributed by atoms with van der Waals surface area (Å²) in [5.74, 6) is -0.662. The molecule has 122 valence electrons. The van der Waals surface area contributed by atoms with E-state index in [0.29, 0.717) is 24.6 Å². The molecule has 2 aromatic heterocycles. The van der Waals surface area contributed by atoms with Gasteiger partial charge in [-0.2, -0.15) is 11.3 Å². The van der Waals surface area contributed by atoms with Crippen molar-refractivity contribution in [2.24, 2.45) is 0 Å². The van der Waals surface area contributed by atoms with Gasteiger partial charge in [0.2, 0.25) is 17.7 Å². The number of carboxylic acid groups (broad SMARTS) is 1. The van der Waals surface area contributed by atoms with E-state index in [-0.39, 0.29) is 18.7 Å². The normalized spacial score (nSPS) is 11.8. The Labute approximate surface area is 137 Å². The second-order valence-electron chi connectivity index (χ2n) is 4.84. The molecule has 1 atom stereocenters. The molecule has 23 heavy (non-hydrogen) atoms. The van der Waals surface area contributed by atoms with Crippen molar-refractivity contribution in [3.8, 4) is 11.5 Å². The van der Waals surface area contributed by atoms with Gasteiger partial charge in [-0.3, -0.25) is 4.79 Å². The van der Waals surface area contributed by atoms with Crippen LogP contribution in [0.25, 0.3) is 11.5 Å². The molecule has 0 saturated carbocycles. The fourth-order valence-corrected chi connectivity index (χ4v) is 2.52. The van der Waals surface area contributed by atoms with Crippen molar-refractivity contribution in [2.45, 2.75) is 31.7 Å². The summed E-state index contributed by atoms with van der Waals surface area (Å²) in [6, 6.07) is 0.954. The van der Waals surface area contributed by atoms with Gasteiger partial charge in [-0.15, -0.1) is 16.8 Å². The molecule has 0 bridgehead atoms. The number of aliphatic carboxylic acids is 1. The van der Waals surface area contributed by atoms with Crippen molar-refractivity contribution in [3.63, 3.8) is 0 Å². The Kier molecular flexibility index (Phi) is 6.04. The van der Waals surface area contributed by atoms with E-state index in [4.69, 9.17) is 9.52 Å². The minimum Gasteiger partial charge on any atom is -0.480 e. The fourth-order valence-electron chi connectivity index (χ4n) is 1.89. The van der Waals surface area contributed by atoms with Crippen LogP contribution in [-0.4, -0.2) is 33.2 Å². The quantitative estimate of drug-likeness (QED) is 0.681. The van der Waals surface area contributed by atoms with Crippen LogP contribution in [0.5, 0.6) is 0 Å². The van der Waals surface area contributed by atoms with Crippen LogP contribution in [0.15, 0.2) is 33.9 Å². The van der Waals surface area contributed by atoms with Crippen molar-refractivity contribution in [3.05, 3.63) is 35.4 Å². The summed E-state index contributed by atoms with van der Waals surface area (Å²) in [5, 5.41) is 23.1. The summed E-state index contributed by atoms with van der Waals surface area (Å²) < 4.78 is 5.47. The lowest BCUT2D eigenvalue weighted by atomic mass is 10.1. The number of thiophene rings is 1. The van der Waals surface area contributed by atoms with Gasteiger partial charge < -0.3 is 14.8 Å². The Balaban J connectivity index is 1.84. The average molecular weight is 335 g/mol. The van der Waals surface area contributed by atoms with Crippen LogP contribution in [0.4, 0.5) is 0 Å². The Bertz CT molecular complexity index is 666. The van der Waals surface area contributed by atoms with E-state index in [9.17, 15) is 9.59 Å². The van der Waals surface area contributed by atoms with Gasteiger partial charge in [-0.25, -0.2) is 4.79 Å². The van der Waals surface area contributed by atoms with Crippen molar-refractivity contribution in [2.75, 3.05) is 0 Å². The molecular weight excluding hydrogens is 318 g/mol. The number of allylic oxidation sites excluding steroid dienone is 1. The summed E-state index contributed by atoms with van der Waals surface area (Å²) in [4.78, 5) is 22.9. The highest BCUT2D eigenvalue weighted by molar-refractivity contribution is 7.08. The predicted molar refractivity (Wildman–Crippen MR) is 84.9 cm³/mol. The number of carbonyl (C=O) groups is 2. The summed E-state index contributed by atoms with van der Waals surface area (Å²) >= 11 is 1.52. The van der Waals surface area contributed by atoms with Gasteiger partial charge in [-0.1, -0.05) is 6.08 Å². The average Bonchev–Trinajstić information content (AvgIpc) is 3.19. The monoisotopic (exact) mass is 335 g/mol. The molecule has 0 aliphatic rings. The number of aryl methyl sites for hydroxylation is 1. The number of carboxylic acids is 1. The van der Waals surface area contributed by atoms with Crippen molar-refractivity contribution in [1.82, 2.24) is 15.5 Å². The molecule has 2 rings (SSSR count). The third-order valence-corrected chi connectivity index (χ3v) is 3.78. The highest BCUT2D eigenvalue weighted by Gasteiger charge is 2.19. The highest BCUT2D eigenvalue weighted by atomic mass is 32.1. The lowest BCUT2D eigenvalue weighted by Gasteiger charge is -2.13. The molecule has 2 aromatic rings. The summed E-state index contributed by atoms with van der Waals surface area (Å²) in [6.45, 7) is 3.54. The zero-order chi connectivity index (χ0) is 16.7. The Hall–Kier alpha value is -2.48. The third kappa shape index (κ3) is 5.03. The smallest absolute Gasteiger partial charge is 0.326 e. The first-order chi connectivity index (χ1) is 11.1. The van der Waals surface area contributed by atoms with Gasteiger partial charge in [0.25, 0.3) is 0 Å². The van der Waals surface area contributed by atoms with Gasteiger partial charge >= 0.3 is 5.97 Å². The second kappa shape index (κ2) is 8.23. The van der Waals surface area contributed by atoms with Crippen molar-refractivity contribution >= 4 is 23.2 Å². The highest BCUT2D eigenvalue weighted by Crippen LogP contribution is 2.20. The lowest BCUT2D eigenvalue weighted by Crippen LogP contribution is -2.40. The van der Waals surface area contributed by atoms with E-state index in [1.807, 2.05) is 16.8 Å². The van der Waals surface area contributed by atoms with E-state index in [2.05, 4.69) is 22.1 Å². The molecule has 1 amide bonds. The number of rotatable bonds is 9. The molecule has 0 spiro atoms. The standard InChI is InChI=1S/C15H17N3O4S/c1-2-3-4-11(15(20)21)16-12(19)5-6-13-17-18-14(22-13)10-7-8-23-9-10/h2,7-9,11H,1,3-6H2,(H,16,19)(H,20,21). The van der Waals surface area contributed by atoms with Crippen LogP contribution in [-0.2, 0) is 16.0 Å². The molecule has 0 saturated heterocycles. The minimum atomic E-state index is -1.06. The molecule has 0 radical (unpaired) electrons. The maximum absolute atomic E-state index is 11.8. The first kappa shape index (κ1) is 16.9. The predicted octanol–water partition coefficient (Wildman–Crippen LogP) is 2.27. The van der Waals surface area contributed by atoms with Gasteiger partial charge in [0.15, 0.2) is 0 Å². The molecule has 0 aliphatic heterocycles. The molecule has 2 heterocycles. The third-order valence-electron chi connectivity index (χ3n) is 3.09. The number of nitrogens with one attached hydrogen (secondary N) is 1. The maximum atomic E-state index is 11.8. The lowest BCUT2D eigenvalue weighted by molar-refractivity contribution is -0.142. The first-order valence-corrected chi connectivity index (χ1v) is 8.02. The Morgan fingerprint density at radius 1 is 1.48 bits per heavy atom. The maximum Gasteiger partial charge on any atom is 0.326 e. The molecule has 8 heteroatoms. The summed E-state index contributed by atoms with van der Waals surface area (Å²) in [6.07, 6.45) is 2.80. The van der Waals surface area contributed by atoms with E-state index >= 15 is 0 Å². The zero-order valence-corrected chi connectivity index (χ0v) is 13.2. The fraction of sp³-hybridized carbons (Fsp3) is 0.333. The number of carbonyl (C=O) groups excluding carboxylic acids is 1. The molecule has 1 unspecified atom stereocenters. The SMILES string of the molecule is C=CCCC(NC(=O)CCc1nnc(-c2ccsc2)o1)C(=O)O. The van der Waals surface area contributed by atoms with Crippen LogP contribution in [0.3, 0.4) is 0 Å². The van der Waals surface area contributed by atoms with E-state index < -0.39 is 12.0 Å². The Morgan fingerprint density at radius 3 is 2.96 bits per heavy atom. The van der Waals surface area contributed by atoms with E-state index in [0.717, 1.165) is 5.56 Å². The van der Waals surface area contributed by atoms with E-state index in [1.165, 1.54) is 11.3 Å². The number of aromatic nitrogens is 2. The number of nitrogens with zero attached hydrogens (tertiary/aromatic N) is 2. The van der Waals surface area contributed by atoms with Crippen LogP contribution < -0.4 is 5.32 Å². The molecule has 2 N–H and O–H groups in total. The van der Waals surface area contributed by atoms with Gasteiger partial charge in [0.05, 0.1) is 0 Å². The zero-order valence-electron chi connectivity index (χ0n) is 12.4. The number of hydrogen-bond donors (Lipinski definition) is 2. The van der Waals surface area contributed by atoms with Crippen LogP contribution in [0.1, 0.15) is 25.2 Å². The van der Waals surface area contributed by atoms with Crippen molar-refractivity contribution < 1.29 is 19.1 Å². The number of hydrogen-bond acceptors (Lipinski definition) is 6. The Morgan fingerprint density at radius 2 is 2.30 bits per heavy atom. The topological polar surface area (TPSA) is 105 Å². The van der Waals surface area contributed by atoms with Gasteiger partial charge in [-0.05, 0) is 24.3 Å². The first-order valence-electron chi connectivity index (χ1n) is 7.08. The van der Waals surface area contributed by atoms with Gasteiger partial charge in [0.1, 0.15) is 6.04 Å². The largest absolute Gasteiger partial charge is 0.480 e. The van der Waals surface area contributed by atoms with Gasteiger partial charge in [0, 0.05) is 23.8 Å². The van der Waals surface area contributed by atoms with Crippen LogP contribution >= 0.6 is 11.3 Å². The molecule has 0 aliphatic carbocycles.